The molecule has 0 rings (SSSR count). The minimum absolute atomic E-state index is 0.110. The van der Waals surface area contributed by atoms with Crippen molar-refractivity contribution in [3.8, 4) is 0 Å². The van der Waals surface area contributed by atoms with Gasteiger partial charge in [0, 0.05) is 12.5 Å². The molecule has 140 valence electrons. The van der Waals surface area contributed by atoms with Crippen molar-refractivity contribution in [2.45, 2.75) is 54.4 Å². The van der Waals surface area contributed by atoms with Gasteiger partial charge in [0.15, 0.2) is 0 Å². The van der Waals surface area contributed by atoms with E-state index in [-0.39, 0.29) is 11.7 Å². The molecule has 1 atom stereocenters. The second-order valence-electron chi connectivity index (χ2n) is 6.67. The molecule has 3 heteroatoms. The zero-order valence-corrected chi connectivity index (χ0v) is 16.7. The van der Waals surface area contributed by atoms with E-state index in [9.17, 15) is 4.39 Å². The van der Waals surface area contributed by atoms with Crippen LogP contribution in [0.5, 0.6) is 0 Å². The Hall–Kier alpha value is -1.90. The van der Waals surface area contributed by atoms with Gasteiger partial charge >= 0.3 is 0 Å². The van der Waals surface area contributed by atoms with E-state index in [4.69, 9.17) is 5.41 Å². The van der Waals surface area contributed by atoms with Gasteiger partial charge in [-0.2, -0.15) is 0 Å². The third-order valence-corrected chi connectivity index (χ3v) is 4.11. The molecule has 0 aliphatic rings. The summed E-state index contributed by atoms with van der Waals surface area (Å²) >= 11 is 0. The van der Waals surface area contributed by atoms with Gasteiger partial charge in [0.05, 0.1) is 5.84 Å². The highest BCUT2D eigenvalue weighted by Gasteiger charge is 2.20. The highest BCUT2D eigenvalue weighted by molar-refractivity contribution is 5.76. The van der Waals surface area contributed by atoms with Crippen LogP contribution in [0, 0.1) is 17.2 Å². The topological polar surface area (TPSA) is 35.9 Å². The lowest BCUT2D eigenvalue weighted by atomic mass is 9.85. The van der Waals surface area contributed by atoms with Gasteiger partial charge < -0.3 is 5.32 Å². The summed E-state index contributed by atoms with van der Waals surface area (Å²) in [4.78, 5) is 0. The van der Waals surface area contributed by atoms with Crippen LogP contribution in [0.2, 0.25) is 0 Å². The number of amidine groups is 1. The van der Waals surface area contributed by atoms with Gasteiger partial charge in [-0.25, -0.2) is 4.39 Å². The van der Waals surface area contributed by atoms with Crippen molar-refractivity contribution in [2.75, 3.05) is 6.54 Å². The van der Waals surface area contributed by atoms with E-state index in [0.29, 0.717) is 18.3 Å². The monoisotopic (exact) mass is 346 g/mol. The van der Waals surface area contributed by atoms with E-state index in [2.05, 4.69) is 25.7 Å². The number of rotatable bonds is 10. The minimum Gasteiger partial charge on any atom is -0.370 e. The van der Waals surface area contributed by atoms with Crippen LogP contribution in [0.15, 0.2) is 59.5 Å². The molecule has 2 nitrogen and oxygen atoms in total. The first-order chi connectivity index (χ1) is 11.8. The second kappa shape index (κ2) is 12.5. The summed E-state index contributed by atoms with van der Waals surface area (Å²) in [5.74, 6) is 0.563. The van der Waals surface area contributed by atoms with Crippen molar-refractivity contribution in [1.29, 1.82) is 5.41 Å². The predicted octanol–water partition coefficient (Wildman–Crippen LogP) is 6.50. The normalized spacial score (nSPS) is 15.4. The third-order valence-electron chi connectivity index (χ3n) is 4.11. The van der Waals surface area contributed by atoms with Gasteiger partial charge in [0.2, 0.25) is 0 Å². The molecule has 25 heavy (non-hydrogen) atoms. The van der Waals surface area contributed by atoms with Crippen LogP contribution in [0.25, 0.3) is 0 Å². The maximum atomic E-state index is 14.4. The van der Waals surface area contributed by atoms with Crippen molar-refractivity contribution in [3.05, 3.63) is 59.5 Å². The Labute approximate surface area is 153 Å². The van der Waals surface area contributed by atoms with Crippen LogP contribution in [0.1, 0.15) is 54.4 Å². The van der Waals surface area contributed by atoms with Gasteiger partial charge in [0.25, 0.3) is 0 Å². The van der Waals surface area contributed by atoms with Crippen molar-refractivity contribution in [3.63, 3.8) is 0 Å². The predicted molar refractivity (Wildman–Crippen MR) is 110 cm³/mol. The Bertz CT molecular complexity index is 563. The van der Waals surface area contributed by atoms with Gasteiger partial charge in [-0.1, -0.05) is 63.3 Å². The van der Waals surface area contributed by atoms with E-state index in [1.807, 2.05) is 32.1 Å². The van der Waals surface area contributed by atoms with Crippen LogP contribution in [0.4, 0.5) is 4.39 Å². The molecule has 0 radical (unpaired) electrons. The number of hydrogen-bond acceptors (Lipinski definition) is 1. The van der Waals surface area contributed by atoms with E-state index in [1.165, 1.54) is 0 Å². The van der Waals surface area contributed by atoms with Crippen molar-refractivity contribution >= 4 is 5.84 Å². The fourth-order valence-electron chi connectivity index (χ4n) is 2.67. The van der Waals surface area contributed by atoms with E-state index < -0.39 is 0 Å². The molecule has 0 aromatic carbocycles. The molecule has 0 aromatic rings. The first-order valence-corrected chi connectivity index (χ1v) is 9.06. The van der Waals surface area contributed by atoms with Crippen LogP contribution in [-0.4, -0.2) is 12.4 Å². The van der Waals surface area contributed by atoms with Crippen molar-refractivity contribution in [2.24, 2.45) is 11.8 Å². The molecule has 1 unspecified atom stereocenters. The summed E-state index contributed by atoms with van der Waals surface area (Å²) in [5.41, 5.74) is 3.15. The van der Waals surface area contributed by atoms with Gasteiger partial charge in [-0.15, -0.1) is 0 Å². The van der Waals surface area contributed by atoms with Gasteiger partial charge in [-0.05, 0) is 50.7 Å². The van der Waals surface area contributed by atoms with Crippen LogP contribution in [-0.2, 0) is 0 Å². The molecule has 0 bridgehead atoms. The molecule has 0 aliphatic carbocycles. The standard InChI is InChI=1S/C22H35FN2/c1-8-11-19(12-9-2)21(15-25-18(7)24)20(14-13-16(4)5)17(6)22(23)10-3/h8-12,16-17H,1,13-15H2,2-7H3,(H2,24,25)/b12-9-,19-11+,21-20-,22-10+. The molecule has 0 amide bonds. The molecule has 0 heterocycles. The summed E-state index contributed by atoms with van der Waals surface area (Å²) in [6.07, 6.45) is 11.1. The Morgan fingerprint density at radius 1 is 1.24 bits per heavy atom. The number of hydrogen-bond donors (Lipinski definition) is 2. The van der Waals surface area contributed by atoms with E-state index >= 15 is 0 Å². The highest BCUT2D eigenvalue weighted by Crippen LogP contribution is 2.32. The molecule has 2 N–H and O–H groups in total. The first-order valence-electron chi connectivity index (χ1n) is 9.06. The molecule has 0 spiro atoms. The average Bonchev–Trinajstić information content (AvgIpc) is 2.55. The molecule has 0 fully saturated rings. The zero-order valence-electron chi connectivity index (χ0n) is 16.7. The lowest BCUT2D eigenvalue weighted by molar-refractivity contribution is 0.498. The van der Waals surface area contributed by atoms with Crippen LogP contribution < -0.4 is 5.32 Å². The van der Waals surface area contributed by atoms with Crippen LogP contribution >= 0.6 is 0 Å². The molecular formula is C22H35FN2. The lowest BCUT2D eigenvalue weighted by Crippen LogP contribution is -2.24. The third kappa shape index (κ3) is 8.67. The van der Waals surface area contributed by atoms with Gasteiger partial charge in [0.1, 0.15) is 5.83 Å². The molecule has 0 aliphatic heterocycles. The largest absolute Gasteiger partial charge is 0.370 e. The summed E-state index contributed by atoms with van der Waals surface area (Å²) in [6, 6.07) is 0. The summed E-state index contributed by atoms with van der Waals surface area (Å²) in [5, 5.41) is 10.8. The number of nitrogens with one attached hydrogen (secondary N) is 2. The summed E-state index contributed by atoms with van der Waals surface area (Å²) in [6.45, 7) is 16.0. The Balaban J connectivity index is 6.28. The lowest BCUT2D eigenvalue weighted by Gasteiger charge is -2.23. The van der Waals surface area contributed by atoms with Crippen LogP contribution in [0.3, 0.4) is 0 Å². The highest BCUT2D eigenvalue weighted by atomic mass is 19.1. The Kier molecular flexibility index (Phi) is 11.5. The van der Waals surface area contributed by atoms with E-state index in [1.54, 1.807) is 26.0 Å². The smallest absolute Gasteiger partial charge is 0.103 e. The number of halogens is 1. The second-order valence-corrected chi connectivity index (χ2v) is 6.67. The summed E-state index contributed by atoms with van der Waals surface area (Å²) in [7, 11) is 0. The van der Waals surface area contributed by atoms with Crippen molar-refractivity contribution in [1.82, 2.24) is 5.32 Å². The Morgan fingerprint density at radius 2 is 1.88 bits per heavy atom. The SMILES string of the molecule is C=C/C=C(\C=C/C)C(/CNC(C)=N)=C(/CCC(C)C)C(C)/C(F)=C\C. The first kappa shape index (κ1) is 23.1. The fraction of sp³-hybridized carbons (Fsp3) is 0.500. The molecule has 0 saturated heterocycles. The number of allylic oxidation sites excluding steroid dienone is 7. The zero-order chi connectivity index (χ0) is 19.4. The van der Waals surface area contributed by atoms with E-state index in [0.717, 1.165) is 29.6 Å². The Morgan fingerprint density at radius 3 is 2.32 bits per heavy atom. The molecule has 0 saturated carbocycles. The van der Waals surface area contributed by atoms with Gasteiger partial charge in [-0.3, -0.25) is 5.41 Å². The minimum atomic E-state index is -0.273. The fourth-order valence-corrected chi connectivity index (χ4v) is 2.67. The maximum absolute atomic E-state index is 14.4. The summed E-state index contributed by atoms with van der Waals surface area (Å²) < 4.78 is 14.4. The molecular weight excluding hydrogens is 311 g/mol. The van der Waals surface area contributed by atoms with Crippen molar-refractivity contribution < 1.29 is 4.39 Å². The molecule has 0 aromatic heterocycles. The maximum Gasteiger partial charge on any atom is 0.103 e. The average molecular weight is 347 g/mol. The quantitative estimate of drug-likeness (QED) is 0.264.